The number of ether oxygens (including phenoxy) is 1. The molecule has 0 saturated heterocycles. The number of rotatable bonds is 8. The lowest BCUT2D eigenvalue weighted by atomic mass is 9.46. The minimum absolute atomic E-state index is 0.00851. The largest absolute Gasteiger partial charge is 0.446 e. The Morgan fingerprint density at radius 1 is 1.15 bits per heavy atom. The van der Waals surface area contributed by atoms with Crippen LogP contribution in [0, 0.1) is 45.3 Å². The van der Waals surface area contributed by atoms with E-state index in [1.54, 1.807) is 11.9 Å². The molecule has 1 amide bonds. The second-order valence-corrected chi connectivity index (χ2v) is 15.8. The SMILES string of the molecule is CC(C)CCC[C@@]1(C)C[C@@]12CC[C@H]1C3CC=C4CC(OC(=O)NCCc5cncn5C)CC[C@]4(C)[C@H]3CCC12C. The maximum atomic E-state index is 12.6. The first-order valence-electron chi connectivity index (χ1n) is 16.6. The predicted octanol–water partition coefficient (Wildman–Crippen LogP) is 8.24. The Morgan fingerprint density at radius 2 is 1.95 bits per heavy atom. The van der Waals surface area contributed by atoms with Crippen molar-refractivity contribution in [2.24, 2.45) is 52.4 Å². The van der Waals surface area contributed by atoms with Gasteiger partial charge in [-0.2, -0.15) is 0 Å². The summed E-state index contributed by atoms with van der Waals surface area (Å²) in [4.78, 5) is 16.7. The number of hydrogen-bond donors (Lipinski definition) is 1. The Bertz CT molecular complexity index is 1140. The number of hydrogen-bond acceptors (Lipinski definition) is 3. The number of aryl methyl sites for hydroxylation is 1. The summed E-state index contributed by atoms with van der Waals surface area (Å²) in [6.45, 7) is 13.3. The maximum absolute atomic E-state index is 12.6. The number of amides is 1. The number of nitrogens with zero attached hydrogens (tertiary/aromatic N) is 2. The standard InChI is InChI=1S/C35H55N3O2/c1-24(2)8-7-15-32(3)22-35(32)18-13-30-28-10-9-25-20-27(11-16-33(25,4)29(28)12-17-34(30,35)5)40-31(39)37-19-14-26-21-36-23-38(26)6/h9,21,23-24,27-30H,7-8,10-20,22H2,1-6H3,(H,37,39)/t27?,28?,29-,30-,32-,33-,34?,35-/m0/s1. The lowest BCUT2D eigenvalue weighted by molar-refractivity contribution is -0.0623. The Labute approximate surface area is 243 Å². The van der Waals surface area contributed by atoms with Crippen molar-refractivity contribution in [3.05, 3.63) is 29.9 Å². The second kappa shape index (κ2) is 10.2. The summed E-state index contributed by atoms with van der Waals surface area (Å²) in [5.74, 6) is 3.38. The van der Waals surface area contributed by atoms with E-state index in [9.17, 15) is 4.79 Å². The molecule has 4 fully saturated rings. The molecule has 1 heterocycles. The molecule has 1 spiro atoms. The molecule has 0 bridgehead atoms. The van der Waals surface area contributed by atoms with Crippen LogP contribution in [0.1, 0.15) is 117 Å². The zero-order valence-corrected chi connectivity index (χ0v) is 26.2. The number of allylic oxidation sites excluding steroid dienone is 1. The Balaban J connectivity index is 1.07. The molecule has 8 atom stereocenters. The van der Waals surface area contributed by atoms with Crippen LogP contribution in [0.3, 0.4) is 0 Å². The highest BCUT2D eigenvalue weighted by atomic mass is 16.6. The van der Waals surface area contributed by atoms with Crippen LogP contribution in [0.2, 0.25) is 0 Å². The zero-order chi connectivity index (χ0) is 28.3. The van der Waals surface area contributed by atoms with Crippen molar-refractivity contribution >= 4 is 6.09 Å². The Hall–Kier alpha value is -1.78. The van der Waals surface area contributed by atoms with Crippen molar-refractivity contribution < 1.29 is 9.53 Å². The fraction of sp³-hybridized carbons (Fsp3) is 0.829. The zero-order valence-electron chi connectivity index (χ0n) is 26.2. The lowest BCUT2D eigenvalue weighted by Crippen LogP contribution is -2.51. The van der Waals surface area contributed by atoms with Crippen molar-refractivity contribution in [3.63, 3.8) is 0 Å². The lowest BCUT2D eigenvalue weighted by Gasteiger charge is -2.58. The normalized spacial score (nSPS) is 41.7. The second-order valence-electron chi connectivity index (χ2n) is 15.8. The fourth-order valence-electron chi connectivity index (χ4n) is 11.1. The first-order valence-corrected chi connectivity index (χ1v) is 16.6. The van der Waals surface area contributed by atoms with E-state index in [4.69, 9.17) is 4.74 Å². The predicted molar refractivity (Wildman–Crippen MR) is 161 cm³/mol. The van der Waals surface area contributed by atoms with Gasteiger partial charge in [0.05, 0.1) is 6.33 Å². The number of aromatic nitrogens is 2. The van der Waals surface area contributed by atoms with E-state index in [0.717, 1.165) is 55.0 Å². The fourth-order valence-corrected chi connectivity index (χ4v) is 11.1. The third kappa shape index (κ3) is 4.47. The molecule has 0 aliphatic heterocycles. The number of fused-ring (bicyclic) bond motifs is 6. The Kier molecular flexibility index (Phi) is 7.22. The van der Waals surface area contributed by atoms with Gasteiger partial charge >= 0.3 is 6.09 Å². The van der Waals surface area contributed by atoms with Crippen LogP contribution in [0.15, 0.2) is 24.2 Å². The van der Waals surface area contributed by atoms with Crippen molar-refractivity contribution in [3.8, 4) is 0 Å². The number of alkyl carbamates (subject to hydrolysis) is 1. The first kappa shape index (κ1) is 28.3. The van der Waals surface area contributed by atoms with Crippen LogP contribution in [0.5, 0.6) is 0 Å². The van der Waals surface area contributed by atoms with Gasteiger partial charge < -0.3 is 14.6 Å². The molecule has 0 radical (unpaired) electrons. The average molecular weight is 550 g/mol. The molecule has 0 aromatic carbocycles. The first-order chi connectivity index (χ1) is 19.0. The summed E-state index contributed by atoms with van der Waals surface area (Å²) >= 11 is 0. The van der Waals surface area contributed by atoms with Gasteiger partial charge in [-0.25, -0.2) is 9.78 Å². The average Bonchev–Trinajstić information content (AvgIpc) is 3.12. The van der Waals surface area contributed by atoms with Gasteiger partial charge in [-0.1, -0.05) is 59.1 Å². The summed E-state index contributed by atoms with van der Waals surface area (Å²) < 4.78 is 7.94. The number of carbonyl (C=O) groups excluding carboxylic acids is 1. The molecule has 5 aliphatic rings. The molecular formula is C35H55N3O2. The quantitative estimate of drug-likeness (QED) is 0.332. The van der Waals surface area contributed by atoms with Crippen LogP contribution < -0.4 is 5.32 Å². The third-order valence-corrected chi connectivity index (χ3v) is 13.5. The van der Waals surface area contributed by atoms with Gasteiger partial charge in [0.2, 0.25) is 0 Å². The summed E-state index contributed by atoms with van der Waals surface area (Å²) in [5.41, 5.74) is 4.74. The van der Waals surface area contributed by atoms with Gasteiger partial charge in [0.1, 0.15) is 6.10 Å². The van der Waals surface area contributed by atoms with Crippen molar-refractivity contribution in [1.82, 2.24) is 14.9 Å². The molecule has 5 aliphatic carbocycles. The molecule has 5 heteroatoms. The van der Waals surface area contributed by atoms with Gasteiger partial charge in [0.15, 0.2) is 0 Å². The van der Waals surface area contributed by atoms with E-state index in [1.807, 2.05) is 17.8 Å². The van der Waals surface area contributed by atoms with E-state index in [0.29, 0.717) is 28.2 Å². The summed E-state index contributed by atoms with van der Waals surface area (Å²) in [5, 5.41) is 2.97. The van der Waals surface area contributed by atoms with Crippen LogP contribution >= 0.6 is 0 Å². The van der Waals surface area contributed by atoms with E-state index in [2.05, 4.69) is 51.0 Å². The highest BCUT2D eigenvalue weighted by molar-refractivity contribution is 5.67. The topological polar surface area (TPSA) is 56.1 Å². The van der Waals surface area contributed by atoms with Crippen molar-refractivity contribution in [2.45, 2.75) is 124 Å². The number of nitrogens with one attached hydrogen (secondary N) is 1. The van der Waals surface area contributed by atoms with Gasteiger partial charge in [-0.15, -0.1) is 0 Å². The van der Waals surface area contributed by atoms with Crippen molar-refractivity contribution in [1.29, 1.82) is 0 Å². The summed E-state index contributed by atoms with van der Waals surface area (Å²) in [6.07, 6.45) is 22.6. The summed E-state index contributed by atoms with van der Waals surface area (Å²) in [7, 11) is 1.98. The number of imidazole rings is 1. The summed E-state index contributed by atoms with van der Waals surface area (Å²) in [6, 6.07) is 0. The maximum Gasteiger partial charge on any atom is 0.407 e. The van der Waals surface area contributed by atoms with Gasteiger partial charge in [-0.3, -0.25) is 0 Å². The molecule has 222 valence electrons. The van der Waals surface area contributed by atoms with Crippen LogP contribution in [-0.4, -0.2) is 28.3 Å². The number of carbonyl (C=O) groups is 1. The molecule has 1 N–H and O–H groups in total. The smallest absolute Gasteiger partial charge is 0.407 e. The molecule has 4 saturated carbocycles. The van der Waals surface area contributed by atoms with E-state index in [-0.39, 0.29) is 12.2 Å². The third-order valence-electron chi connectivity index (χ3n) is 13.5. The van der Waals surface area contributed by atoms with Crippen LogP contribution in [0.25, 0.3) is 0 Å². The highest BCUT2D eigenvalue weighted by Crippen LogP contribution is 2.84. The molecule has 1 aromatic rings. The Morgan fingerprint density at radius 3 is 2.70 bits per heavy atom. The van der Waals surface area contributed by atoms with Gasteiger partial charge in [0.25, 0.3) is 0 Å². The molecular weight excluding hydrogens is 494 g/mol. The molecule has 1 aromatic heterocycles. The molecule has 5 nitrogen and oxygen atoms in total. The van der Waals surface area contributed by atoms with Gasteiger partial charge in [-0.05, 0) is 103 Å². The minimum atomic E-state index is -0.268. The van der Waals surface area contributed by atoms with E-state index < -0.39 is 0 Å². The molecule has 3 unspecified atom stereocenters. The van der Waals surface area contributed by atoms with Gasteiger partial charge in [0, 0.05) is 38.3 Å². The monoisotopic (exact) mass is 549 g/mol. The van der Waals surface area contributed by atoms with Crippen molar-refractivity contribution in [2.75, 3.05) is 6.54 Å². The van der Waals surface area contributed by atoms with E-state index in [1.165, 1.54) is 57.8 Å². The minimum Gasteiger partial charge on any atom is -0.446 e. The molecule has 6 rings (SSSR count). The van der Waals surface area contributed by atoms with E-state index >= 15 is 0 Å². The van der Waals surface area contributed by atoms with Crippen LogP contribution in [0.4, 0.5) is 4.79 Å². The molecule has 40 heavy (non-hydrogen) atoms. The van der Waals surface area contributed by atoms with Crippen LogP contribution in [-0.2, 0) is 18.2 Å². The highest BCUT2D eigenvalue weighted by Gasteiger charge is 2.76.